The van der Waals surface area contributed by atoms with E-state index in [0.29, 0.717) is 71.2 Å². The van der Waals surface area contributed by atoms with Gasteiger partial charge in [-0.15, -0.1) is 0 Å². The third-order valence-electron chi connectivity index (χ3n) is 9.77. The number of esters is 2. The number of phenols is 2. The molecule has 59 heavy (non-hydrogen) atoms. The zero-order valence-corrected chi connectivity index (χ0v) is 35.3. The lowest BCUT2D eigenvalue weighted by molar-refractivity contribution is 0.0300. The number of unbranched alkanes of at least 4 members (excludes halogenated alkanes) is 8. The number of carbonyl (C=O) groups is 2. The topological polar surface area (TPSA) is 136 Å². The van der Waals surface area contributed by atoms with E-state index in [1.165, 1.54) is 38.5 Å². The van der Waals surface area contributed by atoms with Crippen LogP contribution < -0.4 is 9.47 Å². The van der Waals surface area contributed by atoms with E-state index in [1.807, 2.05) is 26.0 Å². The Balaban J connectivity index is 1.13. The van der Waals surface area contributed by atoms with Crippen molar-refractivity contribution in [1.82, 2.24) is 0 Å². The Kier molecular flexibility index (Phi) is 19.5. The number of benzene rings is 4. The van der Waals surface area contributed by atoms with Gasteiger partial charge in [-0.2, -0.15) is 0 Å². The fourth-order valence-electron chi connectivity index (χ4n) is 6.11. The fourth-order valence-corrected chi connectivity index (χ4v) is 6.11. The van der Waals surface area contributed by atoms with Crippen LogP contribution in [0.2, 0.25) is 0 Å². The van der Waals surface area contributed by atoms with Gasteiger partial charge >= 0.3 is 11.9 Å². The molecule has 0 aliphatic heterocycles. The van der Waals surface area contributed by atoms with E-state index in [-0.39, 0.29) is 30.1 Å². The summed E-state index contributed by atoms with van der Waals surface area (Å²) in [5, 5.41) is 20.9. The standard InChI is InChI=1S/C49H62N2O8/c1-5-7-9-11-13-29-56-43-26-20-39(45(52)32-43)34-50-41-22-16-37(17-23-41)47(54)58-31-15-28-49(3,4)36-59-48(55)38-18-24-42(25-19-38)51-35-40-21-27-44(33-46(40)53)57-30-14-12-10-8-6-2/h16-27,32-35,52-53H,5-15,28-31,36H2,1-4H3. The lowest BCUT2D eigenvalue weighted by Gasteiger charge is -2.24. The average Bonchev–Trinajstić information content (AvgIpc) is 3.23. The number of hydrogen-bond acceptors (Lipinski definition) is 10. The molecule has 0 amide bonds. The normalized spacial score (nSPS) is 11.6. The van der Waals surface area contributed by atoms with Crippen LogP contribution in [0.1, 0.15) is 137 Å². The molecule has 4 aromatic rings. The number of ether oxygens (including phenoxy) is 4. The van der Waals surface area contributed by atoms with Crippen LogP contribution in [-0.4, -0.2) is 61.0 Å². The Morgan fingerprint density at radius 2 is 1.00 bits per heavy atom. The molecule has 316 valence electrons. The van der Waals surface area contributed by atoms with Crippen molar-refractivity contribution in [2.75, 3.05) is 26.4 Å². The molecule has 4 rings (SSSR count). The van der Waals surface area contributed by atoms with Gasteiger partial charge in [-0.3, -0.25) is 9.98 Å². The Labute approximate surface area is 350 Å². The number of carbonyl (C=O) groups excluding carboxylic acids is 2. The third-order valence-corrected chi connectivity index (χ3v) is 9.77. The molecule has 0 aliphatic rings. The summed E-state index contributed by atoms with van der Waals surface area (Å²) in [6.45, 7) is 10.1. The van der Waals surface area contributed by atoms with Gasteiger partial charge in [0, 0.05) is 35.7 Å². The van der Waals surface area contributed by atoms with E-state index < -0.39 is 11.9 Å². The van der Waals surface area contributed by atoms with Crippen LogP contribution in [0.3, 0.4) is 0 Å². The molecule has 4 aromatic carbocycles. The van der Waals surface area contributed by atoms with E-state index in [1.54, 1.807) is 85.2 Å². The minimum Gasteiger partial charge on any atom is -0.507 e. The minimum absolute atomic E-state index is 0.0845. The second-order valence-electron chi connectivity index (χ2n) is 15.6. The number of nitrogens with zero attached hydrogens (tertiary/aromatic N) is 2. The maximum atomic E-state index is 12.8. The first-order valence-electron chi connectivity index (χ1n) is 21.1. The van der Waals surface area contributed by atoms with Crippen molar-refractivity contribution in [1.29, 1.82) is 0 Å². The largest absolute Gasteiger partial charge is 0.507 e. The van der Waals surface area contributed by atoms with Gasteiger partial charge in [0.15, 0.2) is 0 Å². The Bertz CT molecular complexity index is 1940. The van der Waals surface area contributed by atoms with Crippen LogP contribution in [0, 0.1) is 5.41 Å². The summed E-state index contributed by atoms with van der Waals surface area (Å²) in [5.74, 6) is 0.556. The molecule has 0 aromatic heterocycles. The van der Waals surface area contributed by atoms with Gasteiger partial charge in [0.25, 0.3) is 0 Å². The Hall–Kier alpha value is -5.64. The summed E-state index contributed by atoms with van der Waals surface area (Å²) in [6.07, 6.45) is 16.0. The number of phenolic OH excluding ortho intramolecular Hbond substituents is 2. The number of aliphatic imine (C=N–C) groups is 2. The SMILES string of the molecule is CCCCCCCOc1ccc(C=Nc2ccc(C(=O)OCCCC(C)(C)COC(=O)c3ccc(N=Cc4ccc(OCCCCCCC)cc4O)cc3)cc2)c(O)c1. The first-order valence-corrected chi connectivity index (χ1v) is 21.1. The number of rotatable bonds is 26. The molecule has 0 fully saturated rings. The molecule has 0 saturated heterocycles. The third kappa shape index (κ3) is 17.0. The van der Waals surface area contributed by atoms with Crippen molar-refractivity contribution < 1.29 is 38.7 Å². The minimum atomic E-state index is -0.436. The van der Waals surface area contributed by atoms with Crippen molar-refractivity contribution >= 4 is 35.7 Å². The molecule has 10 heteroatoms. The first kappa shape index (κ1) is 46.1. The van der Waals surface area contributed by atoms with Crippen LogP contribution >= 0.6 is 0 Å². The quantitative estimate of drug-likeness (QED) is 0.0363. The molecule has 0 aliphatic carbocycles. The summed E-state index contributed by atoms with van der Waals surface area (Å²) in [7, 11) is 0. The maximum Gasteiger partial charge on any atom is 0.338 e. The van der Waals surface area contributed by atoms with Gasteiger partial charge in [-0.25, -0.2) is 9.59 Å². The molecule has 0 bridgehead atoms. The molecule has 0 spiro atoms. The van der Waals surface area contributed by atoms with Gasteiger partial charge in [0.2, 0.25) is 0 Å². The first-order chi connectivity index (χ1) is 28.6. The fraction of sp³-hybridized carbons (Fsp3) is 0.429. The molecule has 2 N–H and O–H groups in total. The lowest BCUT2D eigenvalue weighted by atomic mass is 9.89. The summed E-state index contributed by atoms with van der Waals surface area (Å²) >= 11 is 0. The van der Waals surface area contributed by atoms with Gasteiger partial charge in [0.1, 0.15) is 23.0 Å². The van der Waals surface area contributed by atoms with Crippen molar-refractivity contribution in [3.63, 3.8) is 0 Å². The van der Waals surface area contributed by atoms with Crippen molar-refractivity contribution in [3.8, 4) is 23.0 Å². The van der Waals surface area contributed by atoms with Crippen molar-refractivity contribution in [2.45, 2.75) is 105 Å². The summed E-state index contributed by atoms with van der Waals surface area (Å²) < 4.78 is 22.7. The molecule has 0 unspecified atom stereocenters. The van der Waals surface area contributed by atoms with Crippen molar-refractivity contribution in [2.24, 2.45) is 15.4 Å². The summed E-state index contributed by atoms with van der Waals surface area (Å²) in [6, 6.07) is 23.9. The second kappa shape index (κ2) is 25.0. The number of hydrogen-bond donors (Lipinski definition) is 2. The van der Waals surface area contributed by atoms with Crippen LogP contribution in [-0.2, 0) is 9.47 Å². The molecule has 10 nitrogen and oxygen atoms in total. The molecule has 0 radical (unpaired) electrons. The Morgan fingerprint density at radius 3 is 1.44 bits per heavy atom. The van der Waals surface area contributed by atoms with E-state index in [9.17, 15) is 19.8 Å². The maximum absolute atomic E-state index is 12.8. The zero-order valence-electron chi connectivity index (χ0n) is 35.3. The Morgan fingerprint density at radius 1 is 0.559 bits per heavy atom. The molecular weight excluding hydrogens is 745 g/mol. The highest BCUT2D eigenvalue weighted by molar-refractivity contribution is 5.91. The van der Waals surface area contributed by atoms with E-state index in [2.05, 4.69) is 23.8 Å². The van der Waals surface area contributed by atoms with Gasteiger partial charge in [-0.05, 0) is 104 Å². The number of aromatic hydroxyl groups is 2. The molecule has 0 saturated carbocycles. The molecular formula is C49H62N2O8. The van der Waals surface area contributed by atoms with Crippen LogP contribution in [0.25, 0.3) is 0 Å². The van der Waals surface area contributed by atoms with Crippen LogP contribution in [0.5, 0.6) is 23.0 Å². The summed E-state index contributed by atoms with van der Waals surface area (Å²) in [4.78, 5) is 34.4. The van der Waals surface area contributed by atoms with Gasteiger partial charge in [-0.1, -0.05) is 79.1 Å². The van der Waals surface area contributed by atoms with Crippen molar-refractivity contribution in [3.05, 3.63) is 107 Å². The zero-order chi connectivity index (χ0) is 42.3. The predicted octanol–water partition coefficient (Wildman–Crippen LogP) is 12.1. The lowest BCUT2D eigenvalue weighted by Crippen LogP contribution is -2.22. The van der Waals surface area contributed by atoms with Crippen LogP contribution in [0.15, 0.2) is 94.9 Å². The molecule has 0 atom stereocenters. The smallest absolute Gasteiger partial charge is 0.338 e. The van der Waals surface area contributed by atoms with E-state index in [4.69, 9.17) is 18.9 Å². The highest BCUT2D eigenvalue weighted by atomic mass is 16.5. The highest BCUT2D eigenvalue weighted by Crippen LogP contribution is 2.27. The second-order valence-corrected chi connectivity index (χ2v) is 15.6. The van der Waals surface area contributed by atoms with E-state index >= 15 is 0 Å². The van der Waals surface area contributed by atoms with E-state index in [0.717, 1.165) is 25.7 Å². The van der Waals surface area contributed by atoms with Gasteiger partial charge < -0.3 is 29.2 Å². The molecule has 0 heterocycles. The average molecular weight is 807 g/mol. The summed E-state index contributed by atoms with van der Waals surface area (Å²) in [5.41, 5.74) is 2.86. The predicted molar refractivity (Wildman–Crippen MR) is 236 cm³/mol. The van der Waals surface area contributed by atoms with Gasteiger partial charge in [0.05, 0.1) is 48.9 Å². The highest BCUT2D eigenvalue weighted by Gasteiger charge is 2.21. The monoisotopic (exact) mass is 806 g/mol. The van der Waals surface area contributed by atoms with Crippen LogP contribution in [0.4, 0.5) is 11.4 Å².